The number of thiazole rings is 1. The summed E-state index contributed by atoms with van der Waals surface area (Å²) < 4.78 is 0. The zero-order chi connectivity index (χ0) is 15.4. The maximum absolute atomic E-state index is 12.2. The molecule has 5 nitrogen and oxygen atoms in total. The van der Waals surface area contributed by atoms with Crippen LogP contribution in [0.2, 0.25) is 0 Å². The lowest BCUT2D eigenvalue weighted by Crippen LogP contribution is -2.29. The summed E-state index contributed by atoms with van der Waals surface area (Å²) in [5.74, 6) is -1.18. The minimum Gasteiger partial charge on any atom is -0.481 e. The Labute approximate surface area is 126 Å². The molecule has 2 aromatic rings. The lowest BCUT2D eigenvalue weighted by Gasteiger charge is -2.14. The molecule has 6 heteroatoms. The number of aliphatic carboxylic acids is 1. The number of carbonyl (C=O) groups is 2. The topological polar surface area (TPSA) is 70.5 Å². The van der Waals surface area contributed by atoms with Gasteiger partial charge in [-0.05, 0) is 12.5 Å². The Morgan fingerprint density at radius 2 is 2.05 bits per heavy atom. The Kier molecular flexibility index (Phi) is 4.70. The van der Waals surface area contributed by atoms with E-state index in [2.05, 4.69) is 4.98 Å². The average Bonchev–Trinajstić information content (AvgIpc) is 2.94. The molecule has 0 bridgehead atoms. The van der Waals surface area contributed by atoms with Crippen LogP contribution < -0.4 is 0 Å². The van der Waals surface area contributed by atoms with E-state index in [9.17, 15) is 9.59 Å². The van der Waals surface area contributed by atoms with Crippen LogP contribution in [-0.2, 0) is 4.79 Å². The molecule has 0 saturated heterocycles. The number of hydrogen-bond donors (Lipinski definition) is 1. The van der Waals surface area contributed by atoms with Crippen molar-refractivity contribution < 1.29 is 14.7 Å². The summed E-state index contributed by atoms with van der Waals surface area (Å²) in [4.78, 5) is 28.5. The van der Waals surface area contributed by atoms with Crippen LogP contribution in [-0.4, -0.2) is 40.5 Å². The Balaban J connectivity index is 2.14. The van der Waals surface area contributed by atoms with E-state index >= 15 is 0 Å². The molecule has 0 radical (unpaired) electrons. The van der Waals surface area contributed by atoms with E-state index in [1.807, 2.05) is 31.2 Å². The number of amides is 1. The molecule has 2 rings (SSSR count). The van der Waals surface area contributed by atoms with Gasteiger partial charge in [-0.25, -0.2) is 4.98 Å². The molecule has 110 valence electrons. The number of nitrogens with zero attached hydrogens (tertiary/aromatic N) is 2. The maximum Gasteiger partial charge on any atom is 0.305 e. The minimum atomic E-state index is -0.923. The monoisotopic (exact) mass is 304 g/mol. The van der Waals surface area contributed by atoms with E-state index in [1.165, 1.54) is 16.2 Å². The highest BCUT2D eigenvalue weighted by atomic mass is 32.1. The molecule has 0 aliphatic heterocycles. The van der Waals surface area contributed by atoms with Crippen molar-refractivity contribution in [1.29, 1.82) is 0 Å². The summed E-state index contributed by atoms with van der Waals surface area (Å²) in [6, 6.07) is 7.86. The van der Waals surface area contributed by atoms with E-state index in [4.69, 9.17) is 5.11 Å². The highest BCUT2D eigenvalue weighted by Gasteiger charge is 2.17. The third kappa shape index (κ3) is 3.66. The SMILES string of the molecule is Cc1ccccc1-c1nc(C(=O)N(C)CCC(=O)O)cs1. The van der Waals surface area contributed by atoms with E-state index < -0.39 is 5.97 Å². The third-order valence-electron chi connectivity index (χ3n) is 3.11. The molecule has 0 unspecified atom stereocenters. The van der Waals surface area contributed by atoms with Gasteiger partial charge >= 0.3 is 5.97 Å². The Bertz CT molecular complexity index is 666. The van der Waals surface area contributed by atoms with Crippen molar-refractivity contribution >= 4 is 23.2 Å². The van der Waals surface area contributed by atoms with Gasteiger partial charge in [0.1, 0.15) is 10.7 Å². The second-order valence-corrected chi connectivity index (χ2v) is 5.58. The number of benzene rings is 1. The molecule has 1 aromatic carbocycles. The van der Waals surface area contributed by atoms with Crippen molar-refractivity contribution in [3.05, 3.63) is 40.9 Å². The highest BCUT2D eigenvalue weighted by Crippen LogP contribution is 2.26. The van der Waals surface area contributed by atoms with Gasteiger partial charge in [-0.1, -0.05) is 24.3 Å². The quantitative estimate of drug-likeness (QED) is 0.922. The first-order valence-electron chi connectivity index (χ1n) is 6.48. The van der Waals surface area contributed by atoms with E-state index in [0.29, 0.717) is 5.69 Å². The van der Waals surface area contributed by atoms with Crippen molar-refractivity contribution in [2.24, 2.45) is 0 Å². The predicted molar refractivity (Wildman–Crippen MR) is 81.5 cm³/mol. The van der Waals surface area contributed by atoms with Crippen LogP contribution >= 0.6 is 11.3 Å². The predicted octanol–water partition coefficient (Wildman–Crippen LogP) is 2.67. The van der Waals surface area contributed by atoms with Crippen LogP contribution in [0.25, 0.3) is 10.6 Å². The van der Waals surface area contributed by atoms with Crippen molar-refractivity contribution in [2.75, 3.05) is 13.6 Å². The first-order chi connectivity index (χ1) is 9.99. The molecular weight excluding hydrogens is 288 g/mol. The molecule has 0 aliphatic rings. The highest BCUT2D eigenvalue weighted by molar-refractivity contribution is 7.13. The van der Waals surface area contributed by atoms with Gasteiger partial charge in [0.25, 0.3) is 5.91 Å². The maximum atomic E-state index is 12.2. The van der Waals surface area contributed by atoms with Gasteiger partial charge in [-0.3, -0.25) is 9.59 Å². The fourth-order valence-electron chi connectivity index (χ4n) is 1.87. The summed E-state index contributed by atoms with van der Waals surface area (Å²) in [7, 11) is 1.58. The summed E-state index contributed by atoms with van der Waals surface area (Å²) in [5, 5.41) is 11.2. The molecule has 0 aliphatic carbocycles. The van der Waals surface area contributed by atoms with Crippen LogP contribution in [0, 0.1) is 6.92 Å². The minimum absolute atomic E-state index is 0.0724. The summed E-state index contributed by atoms with van der Waals surface area (Å²) in [6.45, 7) is 2.17. The number of carboxylic acid groups (broad SMARTS) is 1. The second kappa shape index (κ2) is 6.49. The first kappa shape index (κ1) is 15.2. The largest absolute Gasteiger partial charge is 0.481 e. The lowest BCUT2D eigenvalue weighted by molar-refractivity contribution is -0.137. The van der Waals surface area contributed by atoms with Gasteiger partial charge in [0, 0.05) is 24.5 Å². The second-order valence-electron chi connectivity index (χ2n) is 4.72. The Morgan fingerprint density at radius 3 is 2.71 bits per heavy atom. The van der Waals surface area contributed by atoms with Crippen LogP contribution in [0.3, 0.4) is 0 Å². The number of aryl methyl sites for hydroxylation is 1. The molecule has 0 atom stereocenters. The van der Waals surface area contributed by atoms with Gasteiger partial charge in [0.05, 0.1) is 6.42 Å². The van der Waals surface area contributed by atoms with Crippen LogP contribution in [0.15, 0.2) is 29.6 Å². The smallest absolute Gasteiger partial charge is 0.305 e. The van der Waals surface area contributed by atoms with Crippen LogP contribution in [0.5, 0.6) is 0 Å². The Morgan fingerprint density at radius 1 is 1.33 bits per heavy atom. The summed E-state index contributed by atoms with van der Waals surface area (Å²) in [5.41, 5.74) is 2.46. The normalized spacial score (nSPS) is 10.4. The molecule has 0 saturated carbocycles. The zero-order valence-electron chi connectivity index (χ0n) is 11.9. The van der Waals surface area contributed by atoms with Gasteiger partial charge in [-0.15, -0.1) is 11.3 Å². The molecular formula is C15H16N2O3S. The van der Waals surface area contributed by atoms with E-state index in [1.54, 1.807) is 12.4 Å². The number of rotatable bonds is 5. The molecule has 1 aromatic heterocycles. The average molecular weight is 304 g/mol. The fourth-order valence-corrected chi connectivity index (χ4v) is 2.75. The number of carbonyl (C=O) groups excluding carboxylic acids is 1. The van der Waals surface area contributed by atoms with Gasteiger partial charge in [0.2, 0.25) is 0 Å². The Hall–Kier alpha value is -2.21. The fraction of sp³-hybridized carbons (Fsp3) is 0.267. The summed E-state index contributed by atoms with van der Waals surface area (Å²) in [6.07, 6.45) is -0.0724. The number of aromatic nitrogens is 1. The van der Waals surface area contributed by atoms with E-state index in [-0.39, 0.29) is 18.9 Å². The number of hydrogen-bond acceptors (Lipinski definition) is 4. The van der Waals surface area contributed by atoms with Crippen molar-refractivity contribution in [3.8, 4) is 10.6 Å². The number of carboxylic acids is 1. The van der Waals surface area contributed by atoms with Gasteiger partial charge in [0.15, 0.2) is 0 Å². The molecule has 21 heavy (non-hydrogen) atoms. The molecule has 1 heterocycles. The zero-order valence-corrected chi connectivity index (χ0v) is 12.7. The van der Waals surface area contributed by atoms with Crippen molar-refractivity contribution in [1.82, 2.24) is 9.88 Å². The molecule has 1 N–H and O–H groups in total. The lowest BCUT2D eigenvalue weighted by atomic mass is 10.1. The molecule has 1 amide bonds. The summed E-state index contributed by atoms with van der Waals surface area (Å²) >= 11 is 1.41. The van der Waals surface area contributed by atoms with Crippen LogP contribution in [0.1, 0.15) is 22.5 Å². The van der Waals surface area contributed by atoms with Crippen LogP contribution in [0.4, 0.5) is 0 Å². The standard InChI is InChI=1S/C15H16N2O3S/c1-10-5-3-4-6-11(10)14-16-12(9-21-14)15(20)17(2)8-7-13(18)19/h3-6,9H,7-8H2,1-2H3,(H,18,19). The third-order valence-corrected chi connectivity index (χ3v) is 3.98. The van der Waals surface area contributed by atoms with Gasteiger partial charge in [-0.2, -0.15) is 0 Å². The molecule has 0 fully saturated rings. The van der Waals surface area contributed by atoms with Crippen molar-refractivity contribution in [3.63, 3.8) is 0 Å². The van der Waals surface area contributed by atoms with Gasteiger partial charge < -0.3 is 10.0 Å². The first-order valence-corrected chi connectivity index (χ1v) is 7.36. The van der Waals surface area contributed by atoms with Crippen molar-refractivity contribution in [2.45, 2.75) is 13.3 Å². The molecule has 0 spiro atoms. The van der Waals surface area contributed by atoms with E-state index in [0.717, 1.165) is 16.1 Å².